The lowest BCUT2D eigenvalue weighted by atomic mass is 10.1. The molecule has 3 aromatic carbocycles. The summed E-state index contributed by atoms with van der Waals surface area (Å²) in [5, 5.41) is 1.92. The number of rotatable bonds is 5. The molecule has 1 aliphatic rings. The number of carbonyl (C=O) groups is 1. The van der Waals surface area contributed by atoms with Crippen molar-refractivity contribution in [3.8, 4) is 5.75 Å². The fraction of sp³-hybridized carbons (Fsp3) is 0.0833. The second-order valence-electron chi connectivity index (χ2n) is 7.06. The predicted octanol–water partition coefficient (Wildman–Crippen LogP) is 6.83. The summed E-state index contributed by atoms with van der Waals surface area (Å²) in [7, 11) is 1.77. The summed E-state index contributed by atoms with van der Waals surface area (Å²) in [6.45, 7) is 0.248. The molecule has 0 unspecified atom stereocenters. The summed E-state index contributed by atoms with van der Waals surface area (Å²) < 4.78 is 5.82. The van der Waals surface area contributed by atoms with Gasteiger partial charge in [0.2, 0.25) is 0 Å². The van der Waals surface area contributed by atoms with Crippen LogP contribution in [0.25, 0.3) is 6.08 Å². The minimum Gasteiger partial charge on any atom is -0.487 e. The third kappa shape index (κ3) is 4.62. The fourth-order valence-corrected chi connectivity index (χ4v) is 4.23. The number of amides is 1. The van der Waals surface area contributed by atoms with Crippen LogP contribution in [-0.4, -0.2) is 23.0 Å². The summed E-state index contributed by atoms with van der Waals surface area (Å²) in [5.41, 5.74) is 2.72. The molecular formula is C24H17Cl3N2O2S. The van der Waals surface area contributed by atoms with E-state index in [4.69, 9.17) is 51.8 Å². The second kappa shape index (κ2) is 9.51. The molecule has 162 valence electrons. The van der Waals surface area contributed by atoms with Gasteiger partial charge in [-0.1, -0.05) is 65.1 Å². The van der Waals surface area contributed by atoms with Crippen molar-refractivity contribution in [2.24, 2.45) is 0 Å². The quantitative estimate of drug-likeness (QED) is 0.282. The van der Waals surface area contributed by atoms with Gasteiger partial charge in [-0.25, -0.2) is 0 Å². The highest BCUT2D eigenvalue weighted by atomic mass is 35.5. The summed E-state index contributed by atoms with van der Waals surface area (Å²) in [6.07, 6.45) is 1.75. The highest BCUT2D eigenvalue weighted by Gasteiger charge is 2.36. The van der Waals surface area contributed by atoms with E-state index in [-0.39, 0.29) is 12.5 Å². The smallest absolute Gasteiger partial charge is 0.281 e. The van der Waals surface area contributed by atoms with E-state index in [0.29, 0.717) is 31.6 Å². The van der Waals surface area contributed by atoms with Gasteiger partial charge < -0.3 is 9.64 Å². The average Bonchev–Trinajstić information content (AvgIpc) is 2.98. The summed E-state index contributed by atoms with van der Waals surface area (Å²) in [6, 6.07) is 19.8. The Labute approximate surface area is 206 Å². The van der Waals surface area contributed by atoms with Crippen molar-refractivity contribution in [3.63, 3.8) is 0 Å². The van der Waals surface area contributed by atoms with Crippen LogP contribution in [0.4, 0.5) is 5.69 Å². The number of ether oxygens (including phenoxy) is 1. The van der Waals surface area contributed by atoms with E-state index in [1.165, 1.54) is 4.90 Å². The summed E-state index contributed by atoms with van der Waals surface area (Å²) >= 11 is 24.0. The van der Waals surface area contributed by atoms with Crippen molar-refractivity contribution >= 4 is 69.8 Å². The molecule has 1 fully saturated rings. The van der Waals surface area contributed by atoms with Gasteiger partial charge in [0, 0.05) is 22.7 Å². The van der Waals surface area contributed by atoms with Crippen LogP contribution in [0.3, 0.4) is 0 Å². The predicted molar refractivity (Wildman–Crippen MR) is 135 cm³/mol. The second-order valence-corrected chi connectivity index (χ2v) is 8.68. The molecule has 32 heavy (non-hydrogen) atoms. The van der Waals surface area contributed by atoms with Crippen molar-refractivity contribution in [3.05, 3.63) is 98.6 Å². The monoisotopic (exact) mass is 502 g/mol. The Bertz CT molecular complexity index is 1230. The molecule has 4 nitrogen and oxygen atoms in total. The molecule has 0 saturated carbocycles. The van der Waals surface area contributed by atoms with Gasteiger partial charge in [0.1, 0.15) is 18.1 Å². The van der Waals surface area contributed by atoms with Crippen molar-refractivity contribution < 1.29 is 9.53 Å². The van der Waals surface area contributed by atoms with Crippen LogP contribution in [0, 0.1) is 0 Å². The van der Waals surface area contributed by atoms with Gasteiger partial charge in [-0.2, -0.15) is 0 Å². The van der Waals surface area contributed by atoms with E-state index in [1.807, 2.05) is 36.4 Å². The highest BCUT2D eigenvalue weighted by molar-refractivity contribution is 7.80. The Morgan fingerprint density at radius 3 is 2.41 bits per heavy atom. The molecule has 0 N–H and O–H groups in total. The van der Waals surface area contributed by atoms with Crippen molar-refractivity contribution in [2.75, 3.05) is 11.9 Å². The Hall–Kier alpha value is -2.57. The van der Waals surface area contributed by atoms with Crippen LogP contribution in [-0.2, 0) is 11.4 Å². The Morgan fingerprint density at radius 1 is 0.969 bits per heavy atom. The van der Waals surface area contributed by atoms with Crippen LogP contribution in [0.5, 0.6) is 5.75 Å². The first-order valence-corrected chi connectivity index (χ1v) is 11.1. The number of hydrogen-bond donors (Lipinski definition) is 0. The first-order valence-electron chi connectivity index (χ1n) is 9.60. The molecule has 0 bridgehead atoms. The van der Waals surface area contributed by atoms with Crippen molar-refractivity contribution in [1.82, 2.24) is 4.90 Å². The number of anilines is 1. The number of benzene rings is 3. The zero-order chi connectivity index (χ0) is 22.8. The zero-order valence-corrected chi connectivity index (χ0v) is 20.0. The number of likely N-dealkylation sites (N-methyl/N-ethyl adjacent to an activating group) is 1. The Morgan fingerprint density at radius 2 is 1.72 bits per heavy atom. The van der Waals surface area contributed by atoms with E-state index in [0.717, 1.165) is 16.8 Å². The van der Waals surface area contributed by atoms with Crippen LogP contribution >= 0.6 is 47.0 Å². The molecule has 1 amide bonds. The van der Waals surface area contributed by atoms with Gasteiger partial charge in [0.05, 0.1) is 10.7 Å². The first kappa shape index (κ1) is 22.6. The molecule has 4 rings (SSSR count). The molecule has 1 heterocycles. The zero-order valence-electron chi connectivity index (χ0n) is 16.9. The van der Waals surface area contributed by atoms with Gasteiger partial charge >= 0.3 is 0 Å². The van der Waals surface area contributed by atoms with Gasteiger partial charge in [-0.3, -0.25) is 9.69 Å². The number of carbonyl (C=O) groups excluding carboxylic acids is 1. The first-order chi connectivity index (χ1) is 15.3. The molecule has 0 atom stereocenters. The SMILES string of the molecule is CN1C(=S)N(c2ccccc2)C(=O)/C1=C/c1ccc(OCc2ccc(Cl)cc2Cl)c(Cl)c1. The number of halogens is 3. The van der Waals surface area contributed by atoms with E-state index in [2.05, 4.69) is 0 Å². The van der Waals surface area contributed by atoms with Crippen LogP contribution < -0.4 is 9.64 Å². The lowest BCUT2D eigenvalue weighted by Crippen LogP contribution is -2.30. The van der Waals surface area contributed by atoms with Crippen LogP contribution in [0.1, 0.15) is 11.1 Å². The molecule has 8 heteroatoms. The molecule has 0 spiro atoms. The lowest BCUT2D eigenvalue weighted by Gasteiger charge is -2.16. The normalized spacial score (nSPS) is 15.1. The standard InChI is InChI=1S/C24H17Cl3N2O2S/c1-28-21(23(30)29(24(28)32)18-5-3-2-4-6-18)12-15-7-10-22(20(27)11-15)31-14-16-8-9-17(25)13-19(16)26/h2-13H,14H2,1H3/b21-12-. The third-order valence-corrected chi connectivity index (χ3v) is 6.27. The van der Waals surface area contributed by atoms with Gasteiger partial charge in [-0.05, 0) is 60.3 Å². The van der Waals surface area contributed by atoms with Gasteiger partial charge in [-0.15, -0.1) is 0 Å². The number of nitrogens with zero attached hydrogens (tertiary/aromatic N) is 2. The van der Waals surface area contributed by atoms with E-state index in [9.17, 15) is 4.79 Å². The molecule has 0 aromatic heterocycles. The molecule has 0 aliphatic carbocycles. The van der Waals surface area contributed by atoms with E-state index in [1.54, 1.807) is 48.4 Å². The van der Waals surface area contributed by atoms with E-state index >= 15 is 0 Å². The molecular weight excluding hydrogens is 487 g/mol. The Balaban J connectivity index is 1.54. The largest absolute Gasteiger partial charge is 0.487 e. The minimum atomic E-state index is -0.197. The maximum Gasteiger partial charge on any atom is 0.281 e. The number of para-hydroxylation sites is 1. The highest BCUT2D eigenvalue weighted by Crippen LogP contribution is 2.31. The number of thiocarbonyl (C=S) groups is 1. The molecule has 3 aromatic rings. The van der Waals surface area contributed by atoms with E-state index < -0.39 is 0 Å². The fourth-order valence-electron chi connectivity index (χ4n) is 3.24. The van der Waals surface area contributed by atoms with Crippen LogP contribution in [0.15, 0.2) is 72.4 Å². The molecule has 0 radical (unpaired) electrons. The average molecular weight is 504 g/mol. The van der Waals surface area contributed by atoms with Gasteiger partial charge in [0.25, 0.3) is 5.91 Å². The molecule has 1 aliphatic heterocycles. The maximum absolute atomic E-state index is 13.0. The molecule has 1 saturated heterocycles. The summed E-state index contributed by atoms with van der Waals surface area (Å²) in [4.78, 5) is 16.2. The lowest BCUT2D eigenvalue weighted by molar-refractivity contribution is -0.114. The van der Waals surface area contributed by atoms with Crippen molar-refractivity contribution in [2.45, 2.75) is 6.61 Å². The Kier molecular flexibility index (Phi) is 6.72. The third-order valence-electron chi connectivity index (χ3n) is 4.93. The van der Waals surface area contributed by atoms with Crippen LogP contribution in [0.2, 0.25) is 15.1 Å². The van der Waals surface area contributed by atoms with Gasteiger partial charge in [0.15, 0.2) is 5.11 Å². The summed E-state index contributed by atoms with van der Waals surface area (Å²) in [5.74, 6) is 0.310. The van der Waals surface area contributed by atoms with Crippen molar-refractivity contribution in [1.29, 1.82) is 0 Å². The maximum atomic E-state index is 13.0. The minimum absolute atomic E-state index is 0.197. The topological polar surface area (TPSA) is 32.8 Å². The number of hydrogen-bond acceptors (Lipinski definition) is 3.